The quantitative estimate of drug-likeness (QED) is 0.792. The molecule has 5 heteroatoms. The predicted molar refractivity (Wildman–Crippen MR) is 56.7 cm³/mol. The average Bonchev–Trinajstić information content (AvgIpc) is 2.48. The van der Waals surface area contributed by atoms with Gasteiger partial charge in [0.2, 0.25) is 0 Å². The van der Waals surface area contributed by atoms with Gasteiger partial charge in [0.15, 0.2) is 0 Å². The summed E-state index contributed by atoms with van der Waals surface area (Å²) in [5.41, 5.74) is 1.48. The molecule has 0 radical (unpaired) electrons. The molecule has 74 valence electrons. The number of benzene rings is 1. The van der Waals surface area contributed by atoms with Crippen molar-refractivity contribution in [2.45, 2.75) is 13.0 Å². The van der Waals surface area contributed by atoms with Gasteiger partial charge in [0.1, 0.15) is 11.9 Å². The second kappa shape index (κ2) is 3.42. The van der Waals surface area contributed by atoms with Crippen LogP contribution in [0, 0.1) is 0 Å². The fourth-order valence-electron chi connectivity index (χ4n) is 1.22. The zero-order chi connectivity index (χ0) is 10.3. The van der Waals surface area contributed by atoms with Crippen molar-refractivity contribution >= 4 is 34.2 Å². The van der Waals surface area contributed by atoms with Gasteiger partial charge >= 0.3 is 0 Å². The summed E-state index contributed by atoms with van der Waals surface area (Å²) >= 11 is 11.7. The third-order valence-electron chi connectivity index (χ3n) is 1.94. The summed E-state index contributed by atoms with van der Waals surface area (Å²) < 4.78 is 0. The van der Waals surface area contributed by atoms with Gasteiger partial charge in [-0.1, -0.05) is 23.2 Å². The highest BCUT2D eigenvalue weighted by atomic mass is 35.5. The molecular weight excluding hydrogens is 223 g/mol. The van der Waals surface area contributed by atoms with Gasteiger partial charge in [0, 0.05) is 0 Å². The molecule has 0 spiro atoms. The molecule has 0 aliphatic rings. The number of nitrogens with one attached hydrogen (secondary N) is 1. The van der Waals surface area contributed by atoms with E-state index in [4.69, 9.17) is 23.2 Å². The van der Waals surface area contributed by atoms with Crippen molar-refractivity contribution in [3.8, 4) is 0 Å². The molecule has 1 aromatic heterocycles. The third kappa shape index (κ3) is 1.59. The molecule has 3 nitrogen and oxygen atoms in total. The lowest BCUT2D eigenvalue weighted by Gasteiger charge is -1.95. The van der Waals surface area contributed by atoms with Crippen molar-refractivity contribution in [2.75, 3.05) is 0 Å². The number of halogens is 2. The summed E-state index contributed by atoms with van der Waals surface area (Å²) in [4.78, 5) is 7.12. The van der Waals surface area contributed by atoms with Crippen LogP contribution >= 0.6 is 23.2 Å². The number of fused-ring (bicyclic) bond motifs is 1. The number of hydrogen-bond donors (Lipinski definition) is 2. The van der Waals surface area contributed by atoms with Crippen molar-refractivity contribution in [1.29, 1.82) is 0 Å². The summed E-state index contributed by atoms with van der Waals surface area (Å²) in [5.74, 6) is 0.512. The van der Waals surface area contributed by atoms with Crippen LogP contribution in [0.4, 0.5) is 0 Å². The highest BCUT2D eigenvalue weighted by Gasteiger charge is 2.09. The maximum atomic E-state index is 9.30. The van der Waals surface area contributed by atoms with Gasteiger partial charge in [0.25, 0.3) is 0 Å². The standard InChI is InChI=1S/C9H8Cl2N2O/c1-4(14)9-12-7-2-5(10)6(11)3-8(7)13-9/h2-4,14H,1H3,(H,12,13)/t4-/m0/s1. The minimum absolute atomic E-state index is 0.461. The van der Waals surface area contributed by atoms with Crippen LogP contribution in [0.2, 0.25) is 10.0 Å². The maximum absolute atomic E-state index is 9.30. The summed E-state index contributed by atoms with van der Waals surface area (Å²) in [7, 11) is 0. The number of aliphatic hydroxyl groups excluding tert-OH is 1. The molecule has 0 saturated heterocycles. The Labute approximate surface area is 90.7 Å². The van der Waals surface area contributed by atoms with Crippen LogP contribution in [0.25, 0.3) is 11.0 Å². The molecular formula is C9H8Cl2N2O. The molecule has 0 saturated carbocycles. The zero-order valence-electron chi connectivity index (χ0n) is 7.38. The molecule has 0 fully saturated rings. The number of aromatic amines is 1. The topological polar surface area (TPSA) is 48.9 Å². The van der Waals surface area contributed by atoms with Crippen molar-refractivity contribution < 1.29 is 5.11 Å². The number of rotatable bonds is 1. The van der Waals surface area contributed by atoms with Crippen LogP contribution in [-0.4, -0.2) is 15.1 Å². The maximum Gasteiger partial charge on any atom is 0.135 e. The molecule has 2 rings (SSSR count). The summed E-state index contributed by atoms with van der Waals surface area (Å²) in [5, 5.41) is 10.2. The second-order valence-corrected chi connectivity index (χ2v) is 3.90. The van der Waals surface area contributed by atoms with E-state index < -0.39 is 6.10 Å². The van der Waals surface area contributed by atoms with E-state index in [1.54, 1.807) is 19.1 Å². The summed E-state index contributed by atoms with van der Waals surface area (Å²) in [6.07, 6.45) is -0.625. The van der Waals surface area contributed by atoms with Crippen LogP contribution in [-0.2, 0) is 0 Å². The van der Waals surface area contributed by atoms with Crippen molar-refractivity contribution in [2.24, 2.45) is 0 Å². The fourth-order valence-corrected chi connectivity index (χ4v) is 1.54. The van der Waals surface area contributed by atoms with Crippen molar-refractivity contribution in [3.63, 3.8) is 0 Å². The van der Waals surface area contributed by atoms with Crippen LogP contribution in [0.1, 0.15) is 18.9 Å². The van der Waals surface area contributed by atoms with Gasteiger partial charge in [0.05, 0.1) is 21.1 Å². The fraction of sp³-hybridized carbons (Fsp3) is 0.222. The van der Waals surface area contributed by atoms with Gasteiger partial charge < -0.3 is 10.1 Å². The van der Waals surface area contributed by atoms with Gasteiger partial charge in [-0.3, -0.25) is 0 Å². The first-order valence-electron chi connectivity index (χ1n) is 4.10. The zero-order valence-corrected chi connectivity index (χ0v) is 8.89. The molecule has 0 aliphatic heterocycles. The Morgan fingerprint density at radius 2 is 2.00 bits per heavy atom. The lowest BCUT2D eigenvalue weighted by atomic mass is 10.3. The van der Waals surface area contributed by atoms with Crippen LogP contribution in [0.15, 0.2) is 12.1 Å². The Balaban J connectivity index is 2.66. The smallest absolute Gasteiger partial charge is 0.135 e. The number of H-pyrrole nitrogens is 1. The molecule has 1 aromatic carbocycles. The Morgan fingerprint density at radius 3 is 2.64 bits per heavy atom. The van der Waals surface area contributed by atoms with E-state index in [-0.39, 0.29) is 0 Å². The molecule has 0 amide bonds. The summed E-state index contributed by atoms with van der Waals surface area (Å²) in [6.45, 7) is 1.64. The molecule has 2 aromatic rings. The lowest BCUT2D eigenvalue weighted by molar-refractivity contribution is 0.190. The molecule has 1 atom stereocenters. The first kappa shape index (κ1) is 9.77. The Hall–Kier alpha value is -0.770. The number of imidazole rings is 1. The monoisotopic (exact) mass is 230 g/mol. The minimum atomic E-state index is -0.625. The third-order valence-corrected chi connectivity index (χ3v) is 2.66. The highest BCUT2D eigenvalue weighted by Crippen LogP contribution is 2.27. The highest BCUT2D eigenvalue weighted by molar-refractivity contribution is 6.42. The SMILES string of the molecule is C[C@H](O)c1nc2cc(Cl)c(Cl)cc2[nH]1. The van der Waals surface area contributed by atoms with Crippen LogP contribution in [0.3, 0.4) is 0 Å². The number of aliphatic hydroxyl groups is 1. The molecule has 0 bridgehead atoms. The van der Waals surface area contributed by atoms with Crippen LogP contribution in [0.5, 0.6) is 0 Å². The lowest BCUT2D eigenvalue weighted by Crippen LogP contribution is -1.92. The number of hydrogen-bond acceptors (Lipinski definition) is 2. The van der Waals surface area contributed by atoms with E-state index in [1.807, 2.05) is 0 Å². The molecule has 2 N–H and O–H groups in total. The van der Waals surface area contributed by atoms with E-state index in [2.05, 4.69) is 9.97 Å². The van der Waals surface area contributed by atoms with Crippen molar-refractivity contribution in [3.05, 3.63) is 28.0 Å². The first-order valence-corrected chi connectivity index (χ1v) is 4.86. The Kier molecular flexibility index (Phi) is 2.39. The van der Waals surface area contributed by atoms with Gasteiger partial charge in [-0.2, -0.15) is 0 Å². The average molecular weight is 231 g/mol. The largest absolute Gasteiger partial charge is 0.385 e. The Bertz CT molecular complexity index is 440. The predicted octanol–water partition coefficient (Wildman–Crippen LogP) is 2.92. The van der Waals surface area contributed by atoms with Gasteiger partial charge in [-0.25, -0.2) is 4.98 Å². The second-order valence-electron chi connectivity index (χ2n) is 3.08. The molecule has 1 heterocycles. The first-order chi connectivity index (χ1) is 6.58. The molecule has 0 aliphatic carbocycles. The van der Waals surface area contributed by atoms with E-state index in [0.717, 1.165) is 5.52 Å². The number of aromatic nitrogens is 2. The normalized spacial score (nSPS) is 13.4. The summed E-state index contributed by atoms with van der Waals surface area (Å²) in [6, 6.07) is 3.36. The van der Waals surface area contributed by atoms with Gasteiger partial charge in [-0.05, 0) is 19.1 Å². The van der Waals surface area contributed by atoms with Gasteiger partial charge in [-0.15, -0.1) is 0 Å². The Morgan fingerprint density at radius 1 is 1.36 bits per heavy atom. The minimum Gasteiger partial charge on any atom is -0.385 e. The van der Waals surface area contributed by atoms with E-state index in [1.165, 1.54) is 0 Å². The molecule has 0 unspecified atom stereocenters. The molecule has 14 heavy (non-hydrogen) atoms. The van der Waals surface area contributed by atoms with E-state index in [9.17, 15) is 5.11 Å². The van der Waals surface area contributed by atoms with Crippen LogP contribution < -0.4 is 0 Å². The van der Waals surface area contributed by atoms with E-state index in [0.29, 0.717) is 21.4 Å². The van der Waals surface area contributed by atoms with Crippen molar-refractivity contribution in [1.82, 2.24) is 9.97 Å². The van der Waals surface area contributed by atoms with E-state index >= 15 is 0 Å². The number of nitrogens with zero attached hydrogens (tertiary/aromatic N) is 1.